The molecule has 21 heteroatoms. The van der Waals surface area contributed by atoms with Crippen LogP contribution in [0.3, 0.4) is 0 Å². The van der Waals surface area contributed by atoms with Gasteiger partial charge in [0.1, 0.15) is 0 Å². The summed E-state index contributed by atoms with van der Waals surface area (Å²) >= 11 is 0. The predicted octanol–water partition coefficient (Wildman–Crippen LogP) is -4.00. The fourth-order valence-electron chi connectivity index (χ4n) is 0.714. The number of carboxylic acids is 3. The van der Waals surface area contributed by atoms with Crippen LogP contribution in [-0.2, 0) is 18.9 Å². The number of aliphatic hydroxyl groups is 1. The Morgan fingerprint density at radius 3 is 0.963 bits per heavy atom. The molecule has 0 unspecified atom stereocenters. The van der Waals surface area contributed by atoms with E-state index in [9.17, 15) is 14.4 Å². The monoisotopic (exact) mass is 572 g/mol. The second-order valence-corrected chi connectivity index (χ2v) is 4.02. The standard InChI is InChI=1S/C6H8O7.4ClH.K.Mg.3Na.H3O4P.6H/c7-3(8)1-6(13,5(11)12)2-4(9)10;;;;;;;;;;1-5(2,3)4;;;;;;/h13H,1-2H2,(H,7,8)(H,9,10)(H,11,12);4*1H;;;;;;(H3,1,2,3,4);;;;;;. The molecule has 11 nitrogen and oxygen atoms in total. The quantitative estimate of drug-likeness (QED) is 0.124. The minimum absolute atomic E-state index is 0. The van der Waals surface area contributed by atoms with Crippen molar-refractivity contribution in [2.75, 3.05) is 0 Å². The van der Waals surface area contributed by atoms with Gasteiger partial charge >= 0.3 is 189 Å². The summed E-state index contributed by atoms with van der Waals surface area (Å²) in [6, 6.07) is 0. The molecule has 0 heterocycles. The number of rotatable bonds is 5. The number of hydrogen-bond donors (Lipinski definition) is 7. The summed E-state index contributed by atoms with van der Waals surface area (Å²) in [7, 11) is -4.64. The van der Waals surface area contributed by atoms with Crippen LogP contribution in [0.2, 0.25) is 0 Å². The Bertz CT molecular complexity index is 384. The van der Waals surface area contributed by atoms with Crippen LogP contribution >= 0.6 is 57.5 Å². The van der Waals surface area contributed by atoms with Gasteiger partial charge in [-0.1, -0.05) is 0 Å². The summed E-state index contributed by atoms with van der Waals surface area (Å²) in [6.07, 6.45) is -2.29. The molecule has 0 amide bonds. The molecule has 0 bridgehead atoms. The zero-order valence-electron chi connectivity index (χ0n) is 10.3. The van der Waals surface area contributed by atoms with E-state index in [-0.39, 0.29) is 213 Å². The van der Waals surface area contributed by atoms with Crippen LogP contribution in [0.5, 0.6) is 0 Å². The van der Waals surface area contributed by atoms with E-state index in [1.54, 1.807) is 0 Å². The molecule has 0 aromatic rings. The van der Waals surface area contributed by atoms with Gasteiger partial charge in [-0.05, 0) is 0 Å². The summed E-state index contributed by atoms with van der Waals surface area (Å²) in [5.74, 6) is -5.02. The minimum atomic E-state index is -4.64. The van der Waals surface area contributed by atoms with Gasteiger partial charge in [-0.15, -0.1) is 49.6 Å². The van der Waals surface area contributed by atoms with Crippen molar-refractivity contribution < 1.29 is 54.1 Å². The first-order valence-corrected chi connectivity index (χ1v) is 5.52. The molecule has 0 saturated heterocycles. The molecule has 0 fully saturated rings. The van der Waals surface area contributed by atoms with E-state index in [2.05, 4.69) is 0 Å². The van der Waals surface area contributed by atoms with Crippen molar-refractivity contribution >= 4 is 238 Å². The molecule has 0 saturated carbocycles. The van der Waals surface area contributed by atoms with Crippen LogP contribution in [0.1, 0.15) is 12.8 Å². The molecule has 0 atom stereocenters. The third-order valence-corrected chi connectivity index (χ3v) is 1.29. The fraction of sp³-hybridized carbons (Fsp3) is 0.500. The maximum atomic E-state index is 10.3. The van der Waals surface area contributed by atoms with E-state index < -0.39 is 44.2 Å². The van der Waals surface area contributed by atoms with E-state index >= 15 is 0 Å². The zero-order chi connectivity index (χ0) is 15.1. The van der Waals surface area contributed by atoms with Crippen LogP contribution in [-0.4, -0.2) is 222 Å². The van der Waals surface area contributed by atoms with Gasteiger partial charge in [0.15, 0.2) is 5.60 Å². The molecular weight excluding hydrogens is 553 g/mol. The fourth-order valence-corrected chi connectivity index (χ4v) is 0.714. The van der Waals surface area contributed by atoms with Gasteiger partial charge < -0.3 is 35.1 Å². The second-order valence-electron chi connectivity index (χ2n) is 2.99. The Kier molecular flexibility index (Phi) is 92.0. The van der Waals surface area contributed by atoms with E-state index in [0.29, 0.717) is 0 Å². The summed E-state index contributed by atoms with van der Waals surface area (Å²) in [4.78, 5) is 52.0. The van der Waals surface area contributed by atoms with Crippen molar-refractivity contribution in [2.24, 2.45) is 0 Å². The molecule has 7 N–H and O–H groups in total. The first-order valence-electron chi connectivity index (χ1n) is 3.95. The van der Waals surface area contributed by atoms with Crippen molar-refractivity contribution in [3.8, 4) is 0 Å². The molecule has 0 aromatic carbocycles. The molecular formula is C6H21Cl4KMgNa3O11P. The molecule has 0 aliphatic rings. The van der Waals surface area contributed by atoms with Crippen LogP contribution in [0.15, 0.2) is 0 Å². The molecule has 0 aromatic heterocycles. The zero-order valence-corrected chi connectivity index (χ0v) is 14.4. The van der Waals surface area contributed by atoms with Crippen LogP contribution in [0.4, 0.5) is 0 Å². The molecule has 27 heavy (non-hydrogen) atoms. The Labute approximate surface area is 304 Å². The topological polar surface area (TPSA) is 210 Å². The summed E-state index contributed by atoms with van der Waals surface area (Å²) in [5, 5.41) is 33.8. The van der Waals surface area contributed by atoms with Crippen molar-refractivity contribution in [2.45, 2.75) is 18.4 Å². The number of carboxylic acid groups (broad SMARTS) is 3. The number of phosphoric acid groups is 1. The van der Waals surface area contributed by atoms with E-state index in [1.165, 1.54) is 0 Å². The van der Waals surface area contributed by atoms with Gasteiger partial charge in [0.25, 0.3) is 0 Å². The summed E-state index contributed by atoms with van der Waals surface area (Å²) < 4.78 is 8.88. The average Bonchev–Trinajstić information content (AvgIpc) is 1.95. The average molecular weight is 574 g/mol. The predicted molar refractivity (Wildman–Crippen MR) is 117 cm³/mol. The second kappa shape index (κ2) is 35.6. The van der Waals surface area contributed by atoms with Crippen molar-refractivity contribution in [1.29, 1.82) is 0 Å². The Balaban J connectivity index is -0.0000000185. The van der Waals surface area contributed by atoms with Gasteiger partial charge in [-0.2, -0.15) is 0 Å². The molecule has 0 rings (SSSR count). The van der Waals surface area contributed by atoms with Crippen LogP contribution in [0, 0.1) is 0 Å². The molecule has 0 aliphatic carbocycles. The SMILES string of the molecule is Cl.Cl.Cl.Cl.O=C(O)CC(O)(CC(=O)O)C(=O)O.O=P(O)(O)O.[KH].[MgH2].[NaH].[NaH].[NaH]. The van der Waals surface area contributed by atoms with Crippen molar-refractivity contribution in [1.82, 2.24) is 0 Å². The first-order chi connectivity index (χ1) is 7.78. The normalized spacial score (nSPS) is 7.41. The Morgan fingerprint density at radius 2 is 0.889 bits per heavy atom. The number of aliphatic carboxylic acids is 3. The van der Waals surface area contributed by atoms with Gasteiger partial charge in [0.05, 0.1) is 12.8 Å². The third kappa shape index (κ3) is 59.1. The van der Waals surface area contributed by atoms with Crippen LogP contribution < -0.4 is 0 Å². The van der Waals surface area contributed by atoms with E-state index in [1.807, 2.05) is 0 Å². The number of halogens is 4. The van der Waals surface area contributed by atoms with Gasteiger partial charge in [-0.3, -0.25) is 9.59 Å². The molecule has 0 spiro atoms. The van der Waals surface area contributed by atoms with Gasteiger partial charge in [-0.25, -0.2) is 9.36 Å². The third-order valence-electron chi connectivity index (χ3n) is 1.29. The molecule has 150 valence electrons. The Hall–Kier alpha value is 5.04. The molecule has 0 radical (unpaired) electrons. The van der Waals surface area contributed by atoms with Crippen LogP contribution in [0.25, 0.3) is 0 Å². The van der Waals surface area contributed by atoms with Crippen molar-refractivity contribution in [3.63, 3.8) is 0 Å². The van der Waals surface area contributed by atoms with E-state index in [4.69, 9.17) is 39.7 Å². The van der Waals surface area contributed by atoms with Crippen molar-refractivity contribution in [3.05, 3.63) is 0 Å². The maximum absolute atomic E-state index is 10.3. The van der Waals surface area contributed by atoms with Gasteiger partial charge in [0.2, 0.25) is 0 Å². The summed E-state index contributed by atoms with van der Waals surface area (Å²) in [5.41, 5.74) is -2.74. The number of carbonyl (C=O) groups is 3. The first kappa shape index (κ1) is 69.7. The number of hydrogen-bond acceptors (Lipinski definition) is 5. The Morgan fingerprint density at radius 1 is 0.741 bits per heavy atom. The summed E-state index contributed by atoms with van der Waals surface area (Å²) in [6.45, 7) is 0. The van der Waals surface area contributed by atoms with E-state index in [0.717, 1.165) is 0 Å². The molecule has 0 aliphatic heterocycles. The van der Waals surface area contributed by atoms with Gasteiger partial charge in [0, 0.05) is 0 Å².